The van der Waals surface area contributed by atoms with Gasteiger partial charge in [-0.1, -0.05) is 78.4 Å². The molecule has 0 radical (unpaired) electrons. The highest BCUT2D eigenvalue weighted by atomic mass is 16.5. The van der Waals surface area contributed by atoms with Gasteiger partial charge in [0.15, 0.2) is 0 Å². The molecule has 0 aromatic heterocycles. The topological polar surface area (TPSA) is 33.9 Å². The van der Waals surface area contributed by atoms with Gasteiger partial charge < -0.3 is 14.7 Å². The summed E-state index contributed by atoms with van der Waals surface area (Å²) >= 11 is 0. The van der Waals surface area contributed by atoms with Gasteiger partial charge in [0.2, 0.25) is 0 Å². The fourth-order valence-electron chi connectivity index (χ4n) is 3.19. The highest BCUT2D eigenvalue weighted by Crippen LogP contribution is 2.11. The van der Waals surface area contributed by atoms with Crippen molar-refractivity contribution in [3.05, 3.63) is 102 Å². The highest BCUT2D eigenvalue weighted by Gasteiger charge is 2.17. The fourth-order valence-corrected chi connectivity index (χ4v) is 3.19. The molecule has 0 heterocycles. The second kappa shape index (κ2) is 9.91. The summed E-state index contributed by atoms with van der Waals surface area (Å²) in [5.74, 6) is 0.798. The van der Waals surface area contributed by atoms with Crippen molar-refractivity contribution in [2.45, 2.75) is 26.1 Å². The summed E-state index contributed by atoms with van der Waals surface area (Å²) in [6.07, 6.45) is -0.520. The molecule has 140 valence electrons. The maximum absolute atomic E-state index is 10.5. The molecule has 0 aliphatic heterocycles. The molecule has 3 heteroatoms. The third-order valence-electron chi connectivity index (χ3n) is 4.58. The van der Waals surface area contributed by atoms with Gasteiger partial charge in [0.1, 0.15) is 38.1 Å². The second-order valence-corrected chi connectivity index (χ2v) is 7.06. The van der Waals surface area contributed by atoms with E-state index in [1.54, 1.807) is 0 Å². The van der Waals surface area contributed by atoms with E-state index in [0.717, 1.165) is 18.8 Å². The summed E-state index contributed by atoms with van der Waals surface area (Å²) in [4.78, 5) is 1.31. The van der Waals surface area contributed by atoms with Gasteiger partial charge in [0, 0.05) is 11.1 Å². The first kappa shape index (κ1) is 19.2. The van der Waals surface area contributed by atoms with Gasteiger partial charge in [0.25, 0.3) is 0 Å². The van der Waals surface area contributed by atoms with Crippen LogP contribution in [-0.2, 0) is 13.1 Å². The van der Waals surface area contributed by atoms with E-state index in [9.17, 15) is 5.11 Å². The molecule has 0 fully saturated rings. The molecule has 3 aromatic carbocycles. The first-order valence-electron chi connectivity index (χ1n) is 9.48. The number of ether oxygens (including phenoxy) is 1. The molecule has 2 N–H and O–H groups in total. The average molecular weight is 362 g/mol. The maximum Gasteiger partial charge on any atom is 0.137 e. The van der Waals surface area contributed by atoms with Crippen LogP contribution in [0.3, 0.4) is 0 Å². The van der Waals surface area contributed by atoms with Gasteiger partial charge in [-0.3, -0.25) is 0 Å². The van der Waals surface area contributed by atoms with Crippen molar-refractivity contribution in [3.63, 3.8) is 0 Å². The van der Waals surface area contributed by atoms with Crippen molar-refractivity contribution in [2.24, 2.45) is 0 Å². The molecular formula is C24H28NO2+. The number of quaternary nitrogens is 1. The standard InChI is InChI=1S/C24H27NO2/c1-20-12-14-24(15-13-20)27-19-23(26)18-25(16-21-8-4-2-5-9-21)17-22-10-6-3-7-11-22/h2-15,23,26H,16-19H2,1H3/p+1/t23-/m1/s1. The minimum absolute atomic E-state index is 0.302. The summed E-state index contributed by atoms with van der Waals surface area (Å²) in [5, 5.41) is 10.5. The highest BCUT2D eigenvalue weighted by molar-refractivity contribution is 5.26. The molecule has 3 nitrogen and oxygen atoms in total. The lowest BCUT2D eigenvalue weighted by atomic mass is 10.1. The van der Waals surface area contributed by atoms with Crippen LogP contribution in [-0.4, -0.2) is 24.4 Å². The van der Waals surface area contributed by atoms with E-state index in [4.69, 9.17) is 4.74 Å². The van der Waals surface area contributed by atoms with Gasteiger partial charge in [-0.15, -0.1) is 0 Å². The maximum atomic E-state index is 10.5. The number of aliphatic hydroxyl groups is 1. The lowest BCUT2D eigenvalue weighted by Crippen LogP contribution is -3.10. The Morgan fingerprint density at radius 3 is 1.81 bits per heavy atom. The summed E-state index contributed by atoms with van der Waals surface area (Å²) in [6.45, 7) is 4.73. The Balaban J connectivity index is 1.59. The Bertz CT molecular complexity index is 746. The Hall–Kier alpha value is -2.62. The van der Waals surface area contributed by atoms with Crippen molar-refractivity contribution < 1.29 is 14.7 Å². The minimum atomic E-state index is -0.520. The van der Waals surface area contributed by atoms with E-state index in [1.165, 1.54) is 21.6 Å². The lowest BCUT2D eigenvalue weighted by Gasteiger charge is -2.23. The molecular weight excluding hydrogens is 334 g/mol. The molecule has 1 atom stereocenters. The number of hydrogen-bond donors (Lipinski definition) is 2. The summed E-state index contributed by atoms with van der Waals surface area (Å²) < 4.78 is 5.76. The summed E-state index contributed by atoms with van der Waals surface area (Å²) in [6, 6.07) is 28.8. The van der Waals surface area contributed by atoms with E-state index >= 15 is 0 Å². The Morgan fingerprint density at radius 2 is 1.30 bits per heavy atom. The van der Waals surface area contributed by atoms with Crippen molar-refractivity contribution in [3.8, 4) is 5.75 Å². The number of nitrogens with one attached hydrogen (secondary N) is 1. The van der Waals surface area contributed by atoms with Crippen LogP contribution in [0.15, 0.2) is 84.9 Å². The van der Waals surface area contributed by atoms with Gasteiger partial charge in [-0.05, 0) is 19.1 Å². The van der Waals surface area contributed by atoms with Crippen molar-refractivity contribution in [1.29, 1.82) is 0 Å². The zero-order valence-corrected chi connectivity index (χ0v) is 15.8. The summed E-state index contributed by atoms with van der Waals surface area (Å²) in [5.41, 5.74) is 3.74. The summed E-state index contributed by atoms with van der Waals surface area (Å²) in [7, 11) is 0. The van der Waals surface area contributed by atoms with Crippen LogP contribution in [0.25, 0.3) is 0 Å². The second-order valence-electron chi connectivity index (χ2n) is 7.06. The van der Waals surface area contributed by atoms with Crippen LogP contribution in [0.2, 0.25) is 0 Å². The third-order valence-corrected chi connectivity index (χ3v) is 4.58. The molecule has 3 rings (SSSR count). The predicted molar refractivity (Wildman–Crippen MR) is 109 cm³/mol. The number of aryl methyl sites for hydroxylation is 1. The zero-order chi connectivity index (χ0) is 18.9. The van der Waals surface area contributed by atoms with Crippen molar-refractivity contribution in [2.75, 3.05) is 13.2 Å². The van der Waals surface area contributed by atoms with Gasteiger partial charge in [0.05, 0.1) is 0 Å². The Kier molecular flexibility index (Phi) is 7.03. The number of rotatable bonds is 9. The van der Waals surface area contributed by atoms with E-state index in [1.807, 2.05) is 43.3 Å². The minimum Gasteiger partial charge on any atom is -0.491 e. The first-order chi connectivity index (χ1) is 13.2. The molecule has 0 saturated heterocycles. The number of aliphatic hydroxyl groups excluding tert-OH is 1. The van der Waals surface area contributed by atoms with Gasteiger partial charge in [-0.25, -0.2) is 0 Å². The van der Waals surface area contributed by atoms with Crippen molar-refractivity contribution in [1.82, 2.24) is 0 Å². The molecule has 0 amide bonds. The smallest absolute Gasteiger partial charge is 0.137 e. The molecule has 27 heavy (non-hydrogen) atoms. The number of hydrogen-bond acceptors (Lipinski definition) is 2. The normalized spacial score (nSPS) is 12.1. The van der Waals surface area contributed by atoms with Crippen LogP contribution >= 0.6 is 0 Å². The fraction of sp³-hybridized carbons (Fsp3) is 0.250. The average Bonchev–Trinajstić information content (AvgIpc) is 2.69. The zero-order valence-electron chi connectivity index (χ0n) is 15.8. The SMILES string of the molecule is Cc1ccc(OC[C@H](O)C[NH+](Cc2ccccc2)Cc2ccccc2)cc1. The van der Waals surface area contributed by atoms with Crippen LogP contribution in [0.4, 0.5) is 0 Å². The predicted octanol–water partition coefficient (Wildman–Crippen LogP) is 3.02. The molecule has 0 aliphatic rings. The lowest BCUT2D eigenvalue weighted by molar-refractivity contribution is -0.930. The van der Waals surface area contributed by atoms with E-state index < -0.39 is 6.10 Å². The quantitative estimate of drug-likeness (QED) is 0.614. The van der Waals surface area contributed by atoms with E-state index in [2.05, 4.69) is 48.5 Å². The van der Waals surface area contributed by atoms with Crippen LogP contribution in [0.5, 0.6) is 5.75 Å². The van der Waals surface area contributed by atoms with Gasteiger partial charge >= 0.3 is 0 Å². The van der Waals surface area contributed by atoms with E-state index in [0.29, 0.717) is 13.2 Å². The molecule has 0 unspecified atom stereocenters. The third kappa shape index (κ3) is 6.55. The molecule has 3 aromatic rings. The van der Waals surface area contributed by atoms with Crippen LogP contribution in [0.1, 0.15) is 16.7 Å². The van der Waals surface area contributed by atoms with Gasteiger partial charge in [-0.2, -0.15) is 0 Å². The Labute approximate surface area is 161 Å². The molecule has 0 spiro atoms. The molecule has 0 aliphatic carbocycles. The van der Waals surface area contributed by atoms with E-state index in [-0.39, 0.29) is 0 Å². The van der Waals surface area contributed by atoms with Crippen LogP contribution < -0.4 is 9.64 Å². The Morgan fingerprint density at radius 1 is 0.778 bits per heavy atom. The number of benzene rings is 3. The van der Waals surface area contributed by atoms with Crippen molar-refractivity contribution >= 4 is 0 Å². The molecule has 0 bridgehead atoms. The largest absolute Gasteiger partial charge is 0.491 e. The first-order valence-corrected chi connectivity index (χ1v) is 9.48. The molecule has 0 saturated carbocycles. The monoisotopic (exact) mass is 362 g/mol. The van der Waals surface area contributed by atoms with Crippen LogP contribution in [0, 0.1) is 6.92 Å².